The summed E-state index contributed by atoms with van der Waals surface area (Å²) in [5, 5.41) is 15.2. The van der Waals surface area contributed by atoms with Crippen molar-refractivity contribution in [1.29, 1.82) is 5.26 Å². The molecule has 0 unspecified atom stereocenters. The largest absolute Gasteiger partial charge is 0.309 e. The van der Waals surface area contributed by atoms with Gasteiger partial charge in [0.05, 0.1) is 45.1 Å². The van der Waals surface area contributed by atoms with Gasteiger partial charge in [-0.05, 0) is 103 Å². The molecule has 3 aromatic heterocycles. The first-order valence-corrected chi connectivity index (χ1v) is 24.2. The lowest BCUT2D eigenvalue weighted by Gasteiger charge is -2.20. The van der Waals surface area contributed by atoms with Crippen LogP contribution in [0.2, 0.25) is 0 Å². The van der Waals surface area contributed by atoms with E-state index in [0.29, 0.717) is 23.0 Å². The van der Waals surface area contributed by atoms with Gasteiger partial charge in [0.2, 0.25) is 0 Å². The molecule has 0 bridgehead atoms. The van der Waals surface area contributed by atoms with Crippen LogP contribution >= 0.6 is 0 Å². The lowest BCUT2D eigenvalue weighted by Crippen LogP contribution is -2.04. The van der Waals surface area contributed by atoms with Crippen molar-refractivity contribution in [3.63, 3.8) is 0 Å². The van der Waals surface area contributed by atoms with E-state index in [9.17, 15) is 5.26 Å². The minimum Gasteiger partial charge on any atom is -0.309 e. The average Bonchev–Trinajstić information content (AvgIpc) is 3.95. The van der Waals surface area contributed by atoms with Crippen LogP contribution in [0.25, 0.3) is 123 Å². The minimum absolute atomic E-state index is 0.552. The van der Waals surface area contributed by atoms with Crippen LogP contribution in [-0.2, 0) is 0 Å². The number of hydrogen-bond donors (Lipinski definition) is 0. The first-order chi connectivity index (χ1) is 35.5. The Morgan fingerprint density at radius 2 is 0.764 bits per heavy atom. The smallest absolute Gasteiger partial charge is 0.164 e. The van der Waals surface area contributed by atoms with E-state index in [4.69, 9.17) is 15.0 Å². The minimum atomic E-state index is 0.552. The molecule has 0 aliphatic heterocycles. The van der Waals surface area contributed by atoms with E-state index in [1.165, 1.54) is 22.3 Å². The Morgan fingerprint density at radius 1 is 0.319 bits per heavy atom. The maximum atomic E-state index is 10.6. The highest BCUT2D eigenvalue weighted by atomic mass is 15.0. The fraction of sp³-hybridized carbons (Fsp3) is 0.0303. The van der Waals surface area contributed by atoms with Gasteiger partial charge in [0, 0.05) is 49.4 Å². The molecule has 3 heterocycles. The van der Waals surface area contributed by atoms with Crippen molar-refractivity contribution in [2.45, 2.75) is 13.8 Å². The number of nitriles is 1. The number of benzene rings is 10. The third kappa shape index (κ3) is 7.31. The van der Waals surface area contributed by atoms with Crippen LogP contribution in [0.5, 0.6) is 0 Å². The standard InChI is InChI=1S/C66H44N6/c1-42-15-13-21-47(35-42)49-28-32-60-55(38-49)52-23-9-11-25-58(52)71(60)61-34-30-51(66-69-64(45-17-5-3-6-18-45)68-65(70-66)46-19-7-4-8-20-46)40-57(61)54-31-27-44(41-67)37-63(54)72-59-26-12-10-24-53(59)56-39-50(29-33-62(56)72)48-22-14-16-43(2)36-48/h3-40H,1-2H3. The Balaban J connectivity index is 1.11. The molecule has 0 atom stereocenters. The zero-order chi connectivity index (χ0) is 48.3. The topological polar surface area (TPSA) is 72.3 Å². The van der Waals surface area contributed by atoms with E-state index in [0.717, 1.165) is 93.9 Å². The predicted octanol–water partition coefficient (Wildman–Crippen LogP) is 16.6. The second-order valence-electron chi connectivity index (χ2n) is 18.5. The Morgan fingerprint density at radius 3 is 1.29 bits per heavy atom. The van der Waals surface area contributed by atoms with Crippen LogP contribution in [0.4, 0.5) is 0 Å². The van der Waals surface area contributed by atoms with Crippen LogP contribution in [0, 0.1) is 25.2 Å². The number of aromatic nitrogens is 5. The molecule has 0 aliphatic carbocycles. The maximum absolute atomic E-state index is 10.6. The molecule has 0 amide bonds. The second kappa shape index (κ2) is 17.4. The summed E-state index contributed by atoms with van der Waals surface area (Å²) in [6.45, 7) is 4.27. The van der Waals surface area contributed by atoms with Gasteiger partial charge in [0.1, 0.15) is 0 Å². The normalized spacial score (nSPS) is 11.5. The molecule has 0 aliphatic rings. The molecule has 13 aromatic rings. The van der Waals surface area contributed by atoms with Crippen LogP contribution in [0.1, 0.15) is 16.7 Å². The van der Waals surface area contributed by atoms with E-state index >= 15 is 0 Å². The highest BCUT2D eigenvalue weighted by molar-refractivity contribution is 6.13. The summed E-state index contributed by atoms with van der Waals surface area (Å²) in [7, 11) is 0. The van der Waals surface area contributed by atoms with Gasteiger partial charge in [-0.1, -0.05) is 175 Å². The van der Waals surface area contributed by atoms with E-state index in [1.807, 2.05) is 72.8 Å². The van der Waals surface area contributed by atoms with Gasteiger partial charge in [-0.2, -0.15) is 5.26 Å². The van der Waals surface area contributed by atoms with Gasteiger partial charge in [-0.3, -0.25) is 0 Å². The molecular formula is C66H44N6. The molecule has 13 rings (SSSR count). The number of hydrogen-bond acceptors (Lipinski definition) is 4. The lowest BCUT2D eigenvalue weighted by atomic mass is 9.96. The first-order valence-electron chi connectivity index (χ1n) is 24.2. The fourth-order valence-corrected chi connectivity index (χ4v) is 10.5. The van der Waals surface area contributed by atoms with Crippen molar-refractivity contribution in [1.82, 2.24) is 24.1 Å². The van der Waals surface area contributed by atoms with Crippen LogP contribution < -0.4 is 0 Å². The zero-order valence-electron chi connectivity index (χ0n) is 39.6. The monoisotopic (exact) mass is 920 g/mol. The molecule has 6 heteroatoms. The van der Waals surface area contributed by atoms with Gasteiger partial charge in [0.25, 0.3) is 0 Å². The Bertz CT molecular complexity index is 4250. The molecule has 6 nitrogen and oxygen atoms in total. The van der Waals surface area contributed by atoms with Gasteiger partial charge < -0.3 is 9.13 Å². The quantitative estimate of drug-likeness (QED) is 0.152. The van der Waals surface area contributed by atoms with Crippen molar-refractivity contribution in [3.8, 4) is 85.0 Å². The van der Waals surface area contributed by atoms with E-state index < -0.39 is 0 Å². The number of para-hydroxylation sites is 2. The summed E-state index contributed by atoms with van der Waals surface area (Å²) >= 11 is 0. The molecule has 10 aromatic carbocycles. The SMILES string of the molecule is Cc1cccc(-c2ccc3c(c2)c2ccccc2n3-c2ccc(-c3nc(-c4ccccc4)nc(-c4ccccc4)n3)cc2-c2ccc(C#N)cc2-n2c3ccccc3c3cc(-c4cccc(C)c4)ccc32)c1. The summed E-state index contributed by atoms with van der Waals surface area (Å²) < 4.78 is 4.73. The van der Waals surface area contributed by atoms with Crippen molar-refractivity contribution in [3.05, 3.63) is 247 Å². The molecule has 72 heavy (non-hydrogen) atoms. The third-order valence-electron chi connectivity index (χ3n) is 13.9. The third-order valence-corrected chi connectivity index (χ3v) is 13.9. The van der Waals surface area contributed by atoms with E-state index in [1.54, 1.807) is 0 Å². The Kier molecular flexibility index (Phi) is 10.2. The number of aryl methyl sites for hydroxylation is 2. The lowest BCUT2D eigenvalue weighted by molar-refractivity contribution is 1.07. The van der Waals surface area contributed by atoms with Crippen molar-refractivity contribution >= 4 is 43.6 Å². The highest BCUT2D eigenvalue weighted by Gasteiger charge is 2.23. The number of fused-ring (bicyclic) bond motifs is 6. The van der Waals surface area contributed by atoms with Gasteiger partial charge in [-0.25, -0.2) is 15.0 Å². The Labute approximate surface area is 417 Å². The summed E-state index contributed by atoms with van der Waals surface area (Å²) in [4.78, 5) is 15.5. The summed E-state index contributed by atoms with van der Waals surface area (Å²) in [6, 6.07) is 83.5. The molecule has 0 N–H and O–H groups in total. The molecule has 0 saturated carbocycles. The second-order valence-corrected chi connectivity index (χ2v) is 18.5. The zero-order valence-corrected chi connectivity index (χ0v) is 39.6. The van der Waals surface area contributed by atoms with E-state index in [2.05, 4.69) is 187 Å². The summed E-state index contributed by atoms with van der Waals surface area (Å²) in [5.41, 5.74) is 18.3. The van der Waals surface area contributed by atoms with Crippen molar-refractivity contribution in [2.24, 2.45) is 0 Å². The van der Waals surface area contributed by atoms with Gasteiger partial charge >= 0.3 is 0 Å². The summed E-state index contributed by atoms with van der Waals surface area (Å²) in [5.74, 6) is 1.73. The van der Waals surface area contributed by atoms with Crippen LogP contribution in [0.15, 0.2) is 231 Å². The highest BCUT2D eigenvalue weighted by Crippen LogP contribution is 2.44. The Hall–Kier alpha value is -9.70. The predicted molar refractivity (Wildman–Crippen MR) is 295 cm³/mol. The van der Waals surface area contributed by atoms with E-state index in [-0.39, 0.29) is 0 Å². The van der Waals surface area contributed by atoms with Crippen molar-refractivity contribution < 1.29 is 0 Å². The van der Waals surface area contributed by atoms with Gasteiger partial charge in [-0.15, -0.1) is 0 Å². The summed E-state index contributed by atoms with van der Waals surface area (Å²) in [6.07, 6.45) is 0. The number of rotatable bonds is 8. The molecule has 0 spiro atoms. The number of nitrogens with zero attached hydrogens (tertiary/aromatic N) is 6. The fourth-order valence-electron chi connectivity index (χ4n) is 10.5. The van der Waals surface area contributed by atoms with Gasteiger partial charge in [0.15, 0.2) is 17.5 Å². The first kappa shape index (κ1) is 42.4. The molecular weight excluding hydrogens is 877 g/mol. The molecule has 0 fully saturated rings. The molecule has 0 saturated heterocycles. The van der Waals surface area contributed by atoms with Crippen LogP contribution in [0.3, 0.4) is 0 Å². The maximum Gasteiger partial charge on any atom is 0.164 e. The van der Waals surface area contributed by atoms with Crippen molar-refractivity contribution in [2.75, 3.05) is 0 Å². The molecule has 0 radical (unpaired) electrons. The van der Waals surface area contributed by atoms with Crippen LogP contribution in [-0.4, -0.2) is 24.1 Å². The average molecular weight is 921 g/mol. The molecule has 338 valence electrons.